The molecule has 4 fully saturated rings. The van der Waals surface area contributed by atoms with Gasteiger partial charge in [0.2, 0.25) is 0 Å². The van der Waals surface area contributed by atoms with Crippen LogP contribution in [0.1, 0.15) is 241 Å². The zero-order valence-corrected chi connectivity index (χ0v) is 77.1. The molecule has 8 aliphatic rings. The summed E-state index contributed by atoms with van der Waals surface area (Å²) >= 11 is 0. The SMILES string of the molecule is CC1CCCCC(C)([N-]C2C=CC=C2)C(C)(C)C1(C)[SiH2]c1ccccc1.CC1CCCCC(C)([N-]C2C=CC=C2)C(C)(C)C1(C)[SiH2]c1ccccc1.CC1CCCCC(C)([N-]C2C=CC=C2)C(C)(C)C1(C)[SiH2]c1ccccc1.CC1CCCCC(C)([N-]C2C=CC=C2)C(C)(C)C1(C)[SiH2]c1ccccc1.[Ti+4]. The molecule has 9 heteroatoms. The molecule has 0 radical (unpaired) electrons. The van der Waals surface area contributed by atoms with Gasteiger partial charge in [-0.3, -0.25) is 0 Å². The molecule has 0 saturated heterocycles. The van der Waals surface area contributed by atoms with Crippen LogP contribution in [0.25, 0.3) is 21.3 Å². The molecule has 0 spiro atoms. The second-order valence-electron chi connectivity index (χ2n) is 38.1. The summed E-state index contributed by atoms with van der Waals surface area (Å²) in [7, 11) is -1.75. The fraction of sp³-hybridized carbons (Fsp3) is 0.583. The fourth-order valence-electron chi connectivity index (χ4n) is 21.0. The van der Waals surface area contributed by atoms with Gasteiger partial charge in [-0.1, -0.05) is 505 Å². The van der Waals surface area contributed by atoms with Gasteiger partial charge in [-0.25, -0.2) is 0 Å². The van der Waals surface area contributed by atoms with E-state index in [2.05, 4.69) is 357 Å². The van der Waals surface area contributed by atoms with E-state index in [4.69, 9.17) is 21.3 Å². The summed E-state index contributed by atoms with van der Waals surface area (Å²) in [5.41, 5.74) is 0.754. The summed E-state index contributed by atoms with van der Waals surface area (Å²) in [5.74, 6) is 2.98. The average molecular weight is 1510 g/mol. The molecular formula is C96H144N4Si4Ti. The van der Waals surface area contributed by atoms with E-state index in [0.29, 0.717) is 20.2 Å². The molecule has 8 aliphatic carbocycles. The van der Waals surface area contributed by atoms with Crippen LogP contribution in [0.5, 0.6) is 0 Å². The second kappa shape index (κ2) is 36.6. The van der Waals surface area contributed by atoms with Crippen LogP contribution in [0.15, 0.2) is 219 Å². The maximum atomic E-state index is 5.44. The number of nitrogens with zero attached hydrogens (tertiary/aromatic N) is 4. The molecule has 0 bridgehead atoms. The first-order chi connectivity index (χ1) is 49.1. The summed E-state index contributed by atoms with van der Waals surface area (Å²) in [4.78, 5) is 0. The van der Waals surface area contributed by atoms with Crippen LogP contribution in [0.3, 0.4) is 0 Å². The van der Waals surface area contributed by atoms with Crippen LogP contribution in [0.2, 0.25) is 20.2 Å². The predicted molar refractivity (Wildman–Crippen MR) is 473 cm³/mol. The van der Waals surface area contributed by atoms with Crippen LogP contribution in [-0.4, -0.2) is 84.4 Å². The molecule has 12 rings (SSSR count). The largest absolute Gasteiger partial charge is 4.00 e. The third-order valence-electron chi connectivity index (χ3n) is 32.0. The number of hydrogen-bond acceptors (Lipinski definition) is 0. The van der Waals surface area contributed by atoms with Gasteiger partial charge in [0.25, 0.3) is 0 Å². The van der Waals surface area contributed by atoms with E-state index in [1.165, 1.54) is 103 Å². The van der Waals surface area contributed by atoms with Gasteiger partial charge >= 0.3 is 21.7 Å². The van der Waals surface area contributed by atoms with Crippen LogP contribution in [0, 0.1) is 45.3 Å². The van der Waals surface area contributed by atoms with Gasteiger partial charge in [-0.2, -0.15) is 0 Å². The first-order valence-corrected chi connectivity index (χ1v) is 47.2. The van der Waals surface area contributed by atoms with Crippen LogP contribution >= 0.6 is 0 Å². The van der Waals surface area contributed by atoms with E-state index in [-0.39, 0.29) is 89.7 Å². The summed E-state index contributed by atoms with van der Waals surface area (Å²) in [6, 6.07) is 46.2. The Bertz CT molecular complexity index is 3080. The molecule has 105 heavy (non-hydrogen) atoms. The molecule has 0 N–H and O–H groups in total. The van der Waals surface area contributed by atoms with Gasteiger partial charge in [-0.05, 0) is 65.5 Å². The van der Waals surface area contributed by atoms with Gasteiger partial charge in [-0.15, -0.1) is 22.2 Å². The van der Waals surface area contributed by atoms with E-state index in [9.17, 15) is 0 Å². The molecule has 0 amide bonds. The number of rotatable bonds is 16. The first kappa shape index (κ1) is 86.8. The van der Waals surface area contributed by atoms with Crippen molar-refractivity contribution >= 4 is 58.8 Å². The van der Waals surface area contributed by atoms with Gasteiger partial charge in [0.1, 0.15) is 0 Å². The number of hydrogen-bond donors (Lipinski definition) is 0. The van der Waals surface area contributed by atoms with Crippen molar-refractivity contribution in [1.29, 1.82) is 0 Å². The Balaban J connectivity index is 0.000000176. The van der Waals surface area contributed by atoms with Crippen molar-refractivity contribution < 1.29 is 21.7 Å². The van der Waals surface area contributed by atoms with Gasteiger partial charge in [0, 0.05) is 0 Å². The van der Waals surface area contributed by atoms with Crippen LogP contribution < -0.4 is 20.7 Å². The molecule has 4 aromatic carbocycles. The molecule has 0 aromatic heterocycles. The van der Waals surface area contributed by atoms with Crippen molar-refractivity contribution in [3.63, 3.8) is 0 Å². The van der Waals surface area contributed by atoms with E-state index >= 15 is 0 Å². The zero-order valence-electron chi connectivity index (χ0n) is 69.8. The predicted octanol–water partition coefficient (Wildman–Crippen LogP) is 22.1. The van der Waals surface area contributed by atoms with E-state index in [0.717, 1.165) is 23.7 Å². The monoisotopic (exact) mass is 1510 g/mol. The Hall–Kier alpha value is -3.78. The normalized spacial score (nSPS) is 34.7. The van der Waals surface area contributed by atoms with Crippen molar-refractivity contribution in [2.75, 3.05) is 0 Å². The Morgan fingerprint density at radius 1 is 0.248 bits per heavy atom. The van der Waals surface area contributed by atoms with E-state index in [1.54, 1.807) is 20.7 Å². The standard InChI is InChI=1S/4C24H36NSi.Ti/c4*1-19-13-11-12-18-23(4,25-20-14-9-10-15-20)22(2,3)24(19,5)26-21-16-7-6-8-17-21;/h4*6-10,14-17,19-20H,11-13,18,26H2,1-5H3;/q4*-1;+4. The average Bonchev–Trinajstić information content (AvgIpc) is 1.33. The van der Waals surface area contributed by atoms with Gasteiger partial charge < -0.3 is 21.3 Å². The maximum Gasteiger partial charge on any atom is 4.00 e. The molecule has 12 unspecified atom stereocenters. The zero-order chi connectivity index (χ0) is 75.4. The molecule has 4 nitrogen and oxygen atoms in total. The Labute approximate surface area is 668 Å². The van der Waals surface area contributed by atoms with Crippen LogP contribution in [-0.2, 0) is 21.7 Å². The molecule has 12 atom stereocenters. The minimum atomic E-state index is -0.439. The molecule has 568 valence electrons. The third-order valence-corrected chi connectivity index (χ3v) is 44.7. The Morgan fingerprint density at radius 3 is 0.571 bits per heavy atom. The molecule has 4 saturated carbocycles. The van der Waals surface area contributed by atoms with Crippen molar-refractivity contribution in [3.8, 4) is 0 Å². The minimum absolute atomic E-state index is 0. The van der Waals surface area contributed by atoms with Gasteiger partial charge in [0.15, 0.2) is 0 Å². The molecule has 0 heterocycles. The van der Waals surface area contributed by atoms with Crippen molar-refractivity contribution in [2.24, 2.45) is 45.3 Å². The summed E-state index contributed by atoms with van der Waals surface area (Å²) in [6.45, 7) is 50.4. The van der Waals surface area contributed by atoms with Crippen molar-refractivity contribution in [2.45, 2.75) is 308 Å². The Kier molecular flexibility index (Phi) is 30.2. The molecular weight excluding hydrogens is 1370 g/mol. The summed E-state index contributed by atoms with van der Waals surface area (Å²) in [6.07, 6.45) is 56.0. The summed E-state index contributed by atoms with van der Waals surface area (Å²) < 4.78 is 0. The topological polar surface area (TPSA) is 56.4 Å². The molecule has 4 aromatic rings. The van der Waals surface area contributed by atoms with E-state index < -0.39 is 38.1 Å². The van der Waals surface area contributed by atoms with Crippen molar-refractivity contribution in [3.05, 3.63) is 240 Å². The first-order valence-electron chi connectivity index (χ1n) is 41.6. The quantitative estimate of drug-likeness (QED) is 0.100. The molecule has 0 aliphatic heterocycles. The maximum absolute atomic E-state index is 5.44. The third kappa shape index (κ3) is 19.2. The van der Waals surface area contributed by atoms with Crippen LogP contribution in [0.4, 0.5) is 0 Å². The second-order valence-corrected chi connectivity index (χ2v) is 48.6. The fourth-order valence-corrected chi connectivity index (χ4v) is 32.0. The smallest absolute Gasteiger partial charge is 0.647 e. The van der Waals surface area contributed by atoms with Crippen molar-refractivity contribution in [1.82, 2.24) is 0 Å². The van der Waals surface area contributed by atoms with Gasteiger partial charge in [0.05, 0.1) is 38.1 Å². The minimum Gasteiger partial charge on any atom is -0.647 e. The Morgan fingerprint density at radius 2 is 0.410 bits per heavy atom. The number of benzene rings is 4. The summed E-state index contributed by atoms with van der Waals surface area (Å²) in [5, 5.41) is 29.5. The number of allylic oxidation sites excluding steroid dienone is 8. The van der Waals surface area contributed by atoms with E-state index in [1.807, 2.05) is 0 Å².